The smallest absolute Gasteiger partial charge is 0.319 e. The molecule has 194 valence electrons. The molecule has 3 aromatic carbocycles. The molecule has 0 bridgehead atoms. The first-order valence-electron chi connectivity index (χ1n) is 11.7. The van der Waals surface area contributed by atoms with Crippen molar-refractivity contribution in [3.05, 3.63) is 94.5 Å². The maximum absolute atomic E-state index is 12.8. The van der Waals surface area contributed by atoms with Crippen molar-refractivity contribution < 1.29 is 26.4 Å². The number of nitrogens with one attached hydrogen (secondary N) is 1. The summed E-state index contributed by atoms with van der Waals surface area (Å²) in [6.07, 6.45) is 0.468. The van der Waals surface area contributed by atoms with E-state index in [1.54, 1.807) is 36.4 Å². The van der Waals surface area contributed by atoms with Crippen molar-refractivity contribution in [2.45, 2.75) is 43.0 Å². The fraction of sp³-hybridized carbons (Fsp3) is 0.259. The third-order valence-corrected chi connectivity index (χ3v) is 9.28. The summed E-state index contributed by atoms with van der Waals surface area (Å²) in [6, 6.07) is 17.3. The summed E-state index contributed by atoms with van der Waals surface area (Å²) in [4.78, 5) is 26.9. The molecule has 1 aliphatic heterocycles. The molecule has 10 heteroatoms. The van der Waals surface area contributed by atoms with Gasteiger partial charge >= 0.3 is 6.03 Å². The molecule has 0 aliphatic carbocycles. The minimum absolute atomic E-state index is 0.00486. The maximum Gasteiger partial charge on any atom is 0.331 e. The van der Waals surface area contributed by atoms with E-state index >= 15 is 0 Å². The van der Waals surface area contributed by atoms with Gasteiger partial charge in [-0.05, 0) is 61.2 Å². The number of nitrogens with zero attached hydrogens (tertiary/aromatic N) is 1. The summed E-state index contributed by atoms with van der Waals surface area (Å²) < 4.78 is 52.5. The number of benzene rings is 3. The third-order valence-electron chi connectivity index (χ3n) is 6.26. The number of Topliss-reactive ketones (excluding diaryl/α,β-unsaturated/α-hetero) is 1. The number of aryl methyl sites for hydroxylation is 2. The Kier molecular flexibility index (Phi) is 7.52. The molecule has 0 spiro atoms. The molecule has 0 saturated heterocycles. The molecule has 37 heavy (non-hydrogen) atoms. The number of carbonyl (C=O) groups is 2. The normalized spacial score (nSPS) is 13.6. The topological polar surface area (TPSA) is 118 Å². The lowest BCUT2D eigenvalue weighted by atomic mass is 9.96. The van der Waals surface area contributed by atoms with Crippen LogP contribution >= 0.6 is 0 Å². The summed E-state index contributed by atoms with van der Waals surface area (Å²) in [5, 5.41) is 0. The van der Waals surface area contributed by atoms with E-state index in [0.717, 1.165) is 22.3 Å². The number of rotatable bonds is 7. The van der Waals surface area contributed by atoms with Gasteiger partial charge in [0.2, 0.25) is 0 Å². The van der Waals surface area contributed by atoms with Gasteiger partial charge in [-0.2, -0.15) is 0 Å². The van der Waals surface area contributed by atoms with Crippen LogP contribution in [0.2, 0.25) is 0 Å². The Morgan fingerprint density at radius 3 is 2.03 bits per heavy atom. The van der Waals surface area contributed by atoms with Crippen molar-refractivity contribution in [2.24, 2.45) is 0 Å². The van der Waals surface area contributed by atoms with Crippen molar-refractivity contribution in [1.82, 2.24) is 9.62 Å². The molecule has 1 aliphatic rings. The molecule has 3 aromatic rings. The number of urea groups is 1. The van der Waals surface area contributed by atoms with Gasteiger partial charge in [0.05, 0.1) is 9.79 Å². The maximum atomic E-state index is 12.8. The molecular formula is C27H28N2O6S2. The molecule has 2 amide bonds. The van der Waals surface area contributed by atoms with Gasteiger partial charge in [-0.1, -0.05) is 53.6 Å². The molecule has 0 atom stereocenters. The lowest BCUT2D eigenvalue weighted by molar-refractivity contribution is -0.116. The van der Waals surface area contributed by atoms with Crippen LogP contribution in [0.25, 0.3) is 0 Å². The highest BCUT2D eigenvalue weighted by Crippen LogP contribution is 2.22. The zero-order valence-corrected chi connectivity index (χ0v) is 22.2. The molecule has 0 radical (unpaired) electrons. The van der Waals surface area contributed by atoms with Crippen molar-refractivity contribution in [3.63, 3.8) is 0 Å². The average molecular weight is 541 g/mol. The second-order valence-corrected chi connectivity index (χ2v) is 13.0. The van der Waals surface area contributed by atoms with E-state index < -0.39 is 37.4 Å². The van der Waals surface area contributed by atoms with Crippen molar-refractivity contribution >= 4 is 31.7 Å². The van der Waals surface area contributed by atoms with E-state index in [2.05, 4.69) is 4.72 Å². The Labute approximate surface area is 217 Å². The number of fused-ring (bicyclic) bond motifs is 1. The Morgan fingerprint density at radius 1 is 0.811 bits per heavy atom. The van der Waals surface area contributed by atoms with E-state index in [1.807, 2.05) is 19.9 Å². The quantitative estimate of drug-likeness (QED) is 0.491. The number of carbonyl (C=O) groups excluding carboxylic acids is 2. The molecule has 0 unspecified atom stereocenters. The summed E-state index contributed by atoms with van der Waals surface area (Å²) in [7, 11) is -7.76. The van der Waals surface area contributed by atoms with Crippen LogP contribution in [0.15, 0.2) is 76.5 Å². The summed E-state index contributed by atoms with van der Waals surface area (Å²) in [6.45, 7) is 4.21. The van der Waals surface area contributed by atoms with Crippen LogP contribution in [0, 0.1) is 13.8 Å². The standard InChI is InChI=1S/C27H28N2O6S2/c1-19-3-9-25(10-4-19)36(32,33)18-24(30)16-21-7-8-22-13-14-29(17-23(22)15-21)27(31)28-37(34,35)26-11-5-20(2)6-12-26/h3-12,15H,13-14,16-18H2,1-2H3,(H,28,31). The first-order chi connectivity index (χ1) is 17.4. The number of amides is 2. The highest BCUT2D eigenvalue weighted by atomic mass is 32.2. The molecule has 1 heterocycles. The fourth-order valence-corrected chi connectivity index (χ4v) is 6.38. The van der Waals surface area contributed by atoms with Crippen LogP contribution in [0.5, 0.6) is 0 Å². The lowest BCUT2D eigenvalue weighted by Gasteiger charge is -2.29. The predicted molar refractivity (Wildman–Crippen MR) is 139 cm³/mol. The van der Waals surface area contributed by atoms with Crippen LogP contribution in [-0.4, -0.2) is 45.8 Å². The van der Waals surface area contributed by atoms with E-state index in [0.29, 0.717) is 18.5 Å². The molecular weight excluding hydrogens is 512 g/mol. The van der Waals surface area contributed by atoms with Gasteiger partial charge in [-0.25, -0.2) is 26.4 Å². The van der Waals surface area contributed by atoms with Gasteiger partial charge in [0.25, 0.3) is 10.0 Å². The summed E-state index contributed by atoms with van der Waals surface area (Å²) >= 11 is 0. The summed E-state index contributed by atoms with van der Waals surface area (Å²) in [5.41, 5.74) is 4.25. The predicted octanol–water partition coefficient (Wildman–Crippen LogP) is 3.35. The number of hydrogen-bond acceptors (Lipinski definition) is 6. The minimum Gasteiger partial charge on any atom is -0.319 e. The molecule has 4 rings (SSSR count). The van der Waals surface area contributed by atoms with Gasteiger partial charge < -0.3 is 4.90 Å². The number of sulfonamides is 1. The zero-order valence-electron chi connectivity index (χ0n) is 20.6. The van der Waals surface area contributed by atoms with Crippen molar-refractivity contribution in [1.29, 1.82) is 0 Å². The van der Waals surface area contributed by atoms with Crippen molar-refractivity contribution in [3.8, 4) is 0 Å². The van der Waals surface area contributed by atoms with Crippen LogP contribution < -0.4 is 4.72 Å². The van der Waals surface area contributed by atoms with Gasteiger partial charge in [-0.3, -0.25) is 4.79 Å². The molecule has 0 saturated carbocycles. The zero-order chi connectivity index (χ0) is 26.8. The third kappa shape index (κ3) is 6.44. The first-order valence-corrected chi connectivity index (χ1v) is 14.9. The van der Waals surface area contributed by atoms with E-state index in [9.17, 15) is 26.4 Å². The fourth-order valence-electron chi connectivity index (χ4n) is 4.17. The molecule has 1 N–H and O–H groups in total. The van der Waals surface area contributed by atoms with Gasteiger partial charge in [0, 0.05) is 19.5 Å². The second kappa shape index (κ2) is 10.5. The largest absolute Gasteiger partial charge is 0.331 e. The number of sulfone groups is 1. The van der Waals surface area contributed by atoms with Gasteiger partial charge in [0.1, 0.15) is 5.75 Å². The Hall–Kier alpha value is -3.50. The van der Waals surface area contributed by atoms with Gasteiger partial charge in [0.15, 0.2) is 15.6 Å². The first kappa shape index (κ1) is 26.6. The van der Waals surface area contributed by atoms with Crippen LogP contribution in [0.4, 0.5) is 4.79 Å². The Bertz CT molecular complexity index is 1550. The van der Waals surface area contributed by atoms with E-state index in [-0.39, 0.29) is 22.8 Å². The minimum atomic E-state index is -4.01. The molecule has 0 aromatic heterocycles. The monoisotopic (exact) mass is 540 g/mol. The second-order valence-electron chi connectivity index (χ2n) is 9.29. The van der Waals surface area contributed by atoms with E-state index in [4.69, 9.17) is 0 Å². The average Bonchev–Trinajstić information content (AvgIpc) is 2.83. The van der Waals surface area contributed by atoms with Gasteiger partial charge in [-0.15, -0.1) is 0 Å². The van der Waals surface area contributed by atoms with Crippen LogP contribution in [0.3, 0.4) is 0 Å². The van der Waals surface area contributed by atoms with Crippen LogP contribution in [0.1, 0.15) is 27.8 Å². The van der Waals surface area contributed by atoms with Crippen LogP contribution in [-0.2, 0) is 44.0 Å². The summed E-state index contributed by atoms with van der Waals surface area (Å²) in [5.74, 6) is -1.03. The number of ketones is 1. The van der Waals surface area contributed by atoms with Crippen molar-refractivity contribution in [2.75, 3.05) is 12.3 Å². The lowest BCUT2D eigenvalue weighted by Crippen LogP contribution is -2.45. The number of hydrogen-bond donors (Lipinski definition) is 1. The molecule has 8 nitrogen and oxygen atoms in total. The van der Waals surface area contributed by atoms with E-state index in [1.165, 1.54) is 29.2 Å². The Balaban J connectivity index is 1.41. The Morgan fingerprint density at radius 2 is 1.41 bits per heavy atom. The molecule has 0 fully saturated rings. The highest BCUT2D eigenvalue weighted by Gasteiger charge is 2.26. The SMILES string of the molecule is Cc1ccc(S(=O)(=O)CC(=O)Cc2ccc3c(c2)CN(C(=O)NS(=O)(=O)c2ccc(C)cc2)CC3)cc1. The highest BCUT2D eigenvalue weighted by molar-refractivity contribution is 7.92.